The molecule has 1 aliphatic carbocycles. The van der Waals surface area contributed by atoms with E-state index >= 15 is 0 Å². The molecule has 4 nitrogen and oxygen atoms in total. The number of hydrogen-bond acceptors (Lipinski definition) is 4. The van der Waals surface area contributed by atoms with E-state index in [1.807, 2.05) is 0 Å². The van der Waals surface area contributed by atoms with Crippen molar-refractivity contribution in [3.05, 3.63) is 0 Å². The van der Waals surface area contributed by atoms with Crippen LogP contribution in [0.3, 0.4) is 0 Å². The zero-order chi connectivity index (χ0) is 17.1. The van der Waals surface area contributed by atoms with Gasteiger partial charge in [0, 0.05) is 0 Å². The van der Waals surface area contributed by atoms with Crippen LogP contribution in [0.2, 0.25) is 0 Å². The van der Waals surface area contributed by atoms with Crippen molar-refractivity contribution in [2.24, 2.45) is 17.8 Å². The average Bonchev–Trinajstić information content (AvgIpc) is 2.54. The molecule has 23 heavy (non-hydrogen) atoms. The molecule has 1 aliphatic rings. The van der Waals surface area contributed by atoms with E-state index in [1.165, 1.54) is 6.42 Å². The quantitative estimate of drug-likeness (QED) is 0.438. The summed E-state index contributed by atoms with van der Waals surface area (Å²) in [5.41, 5.74) is 0. The van der Waals surface area contributed by atoms with Gasteiger partial charge in [-0.1, -0.05) is 33.6 Å². The van der Waals surface area contributed by atoms with Crippen molar-refractivity contribution in [1.82, 2.24) is 0 Å². The van der Waals surface area contributed by atoms with Gasteiger partial charge in [-0.3, -0.25) is 9.59 Å². The maximum atomic E-state index is 12.0. The van der Waals surface area contributed by atoms with Crippen LogP contribution in [0, 0.1) is 17.8 Å². The molecule has 1 rings (SSSR count). The van der Waals surface area contributed by atoms with Crippen molar-refractivity contribution >= 4 is 11.9 Å². The molecule has 0 spiro atoms. The predicted octanol–water partition coefficient (Wildman–Crippen LogP) is 4.51. The predicted molar refractivity (Wildman–Crippen MR) is 91.0 cm³/mol. The number of rotatable bonds is 10. The first-order valence-electron chi connectivity index (χ1n) is 9.37. The number of esters is 2. The summed E-state index contributed by atoms with van der Waals surface area (Å²) in [6.07, 6.45) is 8.19. The smallest absolute Gasteiger partial charge is 0.308 e. The second-order valence-corrected chi connectivity index (χ2v) is 7.13. The fraction of sp³-hybridized carbons (Fsp3) is 0.895. The first kappa shape index (κ1) is 20.0. The molecule has 0 heterocycles. The van der Waals surface area contributed by atoms with Crippen LogP contribution in [0.5, 0.6) is 0 Å². The van der Waals surface area contributed by atoms with E-state index in [4.69, 9.17) is 9.47 Å². The molecule has 0 aromatic heterocycles. The molecule has 1 fully saturated rings. The number of hydrogen-bond donors (Lipinski definition) is 0. The summed E-state index contributed by atoms with van der Waals surface area (Å²) < 4.78 is 10.7. The van der Waals surface area contributed by atoms with Crippen molar-refractivity contribution < 1.29 is 19.1 Å². The summed E-state index contributed by atoms with van der Waals surface area (Å²) >= 11 is 0. The lowest BCUT2D eigenvalue weighted by atomic mass is 9.82. The Morgan fingerprint density at radius 2 is 1.35 bits per heavy atom. The molecule has 0 aliphatic heterocycles. The summed E-state index contributed by atoms with van der Waals surface area (Å²) in [5.74, 6) is 0.492. The molecule has 0 saturated heterocycles. The Balaban J connectivity index is 2.14. The molecule has 0 aromatic carbocycles. The van der Waals surface area contributed by atoms with Crippen molar-refractivity contribution in [1.29, 1.82) is 0 Å². The Bertz CT molecular complexity index is 343. The van der Waals surface area contributed by atoms with Gasteiger partial charge in [0.25, 0.3) is 0 Å². The Morgan fingerprint density at radius 3 is 1.78 bits per heavy atom. The van der Waals surface area contributed by atoms with E-state index in [0.29, 0.717) is 19.1 Å². The molecule has 4 heteroatoms. The lowest BCUT2D eigenvalue weighted by Crippen LogP contribution is -2.28. The Hall–Kier alpha value is -1.06. The number of carbonyl (C=O) groups is 2. The summed E-state index contributed by atoms with van der Waals surface area (Å²) in [6, 6.07) is 0. The van der Waals surface area contributed by atoms with E-state index in [2.05, 4.69) is 20.8 Å². The van der Waals surface area contributed by atoms with E-state index in [0.717, 1.165) is 51.4 Å². The van der Waals surface area contributed by atoms with Gasteiger partial charge in [-0.25, -0.2) is 0 Å². The largest absolute Gasteiger partial charge is 0.465 e. The number of unbranched alkanes of at least 4 members (excludes halogenated alkanes) is 2. The number of carbonyl (C=O) groups excluding carboxylic acids is 2. The zero-order valence-corrected chi connectivity index (χ0v) is 15.1. The maximum Gasteiger partial charge on any atom is 0.308 e. The number of ether oxygens (including phenoxy) is 2. The summed E-state index contributed by atoms with van der Waals surface area (Å²) in [5, 5.41) is 0. The third kappa shape index (κ3) is 8.38. The third-order valence-corrected chi connectivity index (χ3v) is 4.56. The van der Waals surface area contributed by atoms with Crippen molar-refractivity contribution in [3.8, 4) is 0 Å². The van der Waals surface area contributed by atoms with Crippen LogP contribution in [0.25, 0.3) is 0 Å². The van der Waals surface area contributed by atoms with Gasteiger partial charge in [-0.15, -0.1) is 0 Å². The van der Waals surface area contributed by atoms with E-state index in [9.17, 15) is 9.59 Å². The van der Waals surface area contributed by atoms with Crippen molar-refractivity contribution in [3.63, 3.8) is 0 Å². The molecule has 0 N–H and O–H groups in total. The second-order valence-electron chi connectivity index (χ2n) is 7.13. The Morgan fingerprint density at radius 1 is 0.870 bits per heavy atom. The van der Waals surface area contributed by atoms with Crippen LogP contribution in [0.15, 0.2) is 0 Å². The van der Waals surface area contributed by atoms with Gasteiger partial charge < -0.3 is 9.47 Å². The third-order valence-electron chi connectivity index (χ3n) is 4.56. The highest BCUT2D eigenvalue weighted by Gasteiger charge is 2.31. The monoisotopic (exact) mass is 326 g/mol. The van der Waals surface area contributed by atoms with Gasteiger partial charge in [-0.05, 0) is 50.9 Å². The zero-order valence-electron chi connectivity index (χ0n) is 15.1. The van der Waals surface area contributed by atoms with Crippen LogP contribution >= 0.6 is 0 Å². The van der Waals surface area contributed by atoms with Gasteiger partial charge in [-0.2, -0.15) is 0 Å². The minimum absolute atomic E-state index is 0.0260. The minimum atomic E-state index is -0.0843. The van der Waals surface area contributed by atoms with Crippen LogP contribution in [-0.4, -0.2) is 25.2 Å². The SMILES string of the molecule is CCCCOC(=O)C1CCC(C(=O)OCCCCC(C)C)CC1. The van der Waals surface area contributed by atoms with E-state index in [-0.39, 0.29) is 23.8 Å². The lowest BCUT2D eigenvalue weighted by Gasteiger charge is -2.26. The summed E-state index contributed by atoms with van der Waals surface area (Å²) in [7, 11) is 0. The molecular formula is C19H34O4. The van der Waals surface area contributed by atoms with E-state index < -0.39 is 0 Å². The minimum Gasteiger partial charge on any atom is -0.465 e. The molecule has 0 amide bonds. The first-order chi connectivity index (χ1) is 11.0. The molecule has 0 bridgehead atoms. The standard InChI is InChI=1S/C19H34O4/c1-4-5-13-22-18(20)16-9-11-17(12-10-16)19(21)23-14-7-6-8-15(2)3/h15-17H,4-14H2,1-3H3. The van der Waals surface area contributed by atoms with Gasteiger partial charge in [0.1, 0.15) is 0 Å². The van der Waals surface area contributed by atoms with E-state index in [1.54, 1.807) is 0 Å². The molecule has 134 valence electrons. The summed E-state index contributed by atoms with van der Waals surface area (Å²) in [4.78, 5) is 24.0. The van der Waals surface area contributed by atoms with Crippen LogP contribution < -0.4 is 0 Å². The fourth-order valence-electron chi connectivity index (χ4n) is 2.95. The second kappa shape index (κ2) is 11.5. The molecule has 0 aromatic rings. The first-order valence-corrected chi connectivity index (χ1v) is 9.37. The fourth-order valence-corrected chi connectivity index (χ4v) is 2.95. The molecule has 0 unspecified atom stereocenters. The molecular weight excluding hydrogens is 292 g/mol. The highest BCUT2D eigenvalue weighted by Crippen LogP contribution is 2.30. The van der Waals surface area contributed by atoms with Crippen LogP contribution in [-0.2, 0) is 19.1 Å². The highest BCUT2D eigenvalue weighted by molar-refractivity contribution is 5.75. The molecule has 1 saturated carbocycles. The molecule has 0 radical (unpaired) electrons. The topological polar surface area (TPSA) is 52.6 Å². The van der Waals surface area contributed by atoms with Gasteiger partial charge in [0.05, 0.1) is 25.0 Å². The summed E-state index contributed by atoms with van der Waals surface area (Å²) in [6.45, 7) is 7.54. The van der Waals surface area contributed by atoms with Crippen molar-refractivity contribution in [2.45, 2.75) is 78.6 Å². The van der Waals surface area contributed by atoms with Gasteiger partial charge in [0.2, 0.25) is 0 Å². The van der Waals surface area contributed by atoms with Gasteiger partial charge >= 0.3 is 11.9 Å². The average molecular weight is 326 g/mol. The van der Waals surface area contributed by atoms with Gasteiger partial charge in [0.15, 0.2) is 0 Å². The van der Waals surface area contributed by atoms with Crippen LogP contribution in [0.1, 0.15) is 78.6 Å². The maximum absolute atomic E-state index is 12.0. The Kier molecular flexibility index (Phi) is 9.97. The molecule has 0 atom stereocenters. The van der Waals surface area contributed by atoms with Crippen molar-refractivity contribution in [2.75, 3.05) is 13.2 Å². The Labute approximate surface area is 141 Å². The normalized spacial score (nSPS) is 21.2. The highest BCUT2D eigenvalue weighted by atomic mass is 16.5. The lowest BCUT2D eigenvalue weighted by molar-refractivity contribution is -0.155. The van der Waals surface area contributed by atoms with Crippen LogP contribution in [0.4, 0.5) is 0 Å².